The molecule has 0 saturated carbocycles. The summed E-state index contributed by atoms with van der Waals surface area (Å²) in [6, 6.07) is 2.87. The first-order valence-electron chi connectivity index (χ1n) is 4.85. The number of thiophene rings is 1. The van der Waals surface area contributed by atoms with E-state index >= 15 is 0 Å². The van der Waals surface area contributed by atoms with Crippen LogP contribution in [0.25, 0.3) is 0 Å². The molecule has 13 heavy (non-hydrogen) atoms. The summed E-state index contributed by atoms with van der Waals surface area (Å²) in [5.41, 5.74) is 1.83. The van der Waals surface area contributed by atoms with Crippen molar-refractivity contribution < 1.29 is 0 Å². The summed E-state index contributed by atoms with van der Waals surface area (Å²) in [7, 11) is 0. The minimum atomic E-state index is 0.320. The molecule has 1 aliphatic rings. The van der Waals surface area contributed by atoms with Crippen molar-refractivity contribution in [3.05, 3.63) is 21.4 Å². The van der Waals surface area contributed by atoms with Crippen molar-refractivity contribution in [3.63, 3.8) is 0 Å². The van der Waals surface area contributed by atoms with Gasteiger partial charge in [0.2, 0.25) is 0 Å². The SMILES string of the molecule is Cc1cc2c(s1)C(C)(C)CNC2C. The zero-order chi connectivity index (χ0) is 9.64. The van der Waals surface area contributed by atoms with Gasteiger partial charge in [-0.3, -0.25) is 0 Å². The van der Waals surface area contributed by atoms with Crippen molar-refractivity contribution in [2.75, 3.05) is 6.54 Å². The summed E-state index contributed by atoms with van der Waals surface area (Å²) < 4.78 is 0. The maximum absolute atomic E-state index is 3.55. The number of fused-ring (bicyclic) bond motifs is 1. The number of hydrogen-bond acceptors (Lipinski definition) is 2. The van der Waals surface area contributed by atoms with Gasteiger partial charge in [-0.2, -0.15) is 0 Å². The van der Waals surface area contributed by atoms with Crippen molar-refractivity contribution in [1.82, 2.24) is 5.32 Å². The minimum Gasteiger partial charge on any atom is -0.309 e. The second kappa shape index (κ2) is 2.82. The Hall–Kier alpha value is -0.340. The van der Waals surface area contributed by atoms with E-state index < -0.39 is 0 Å². The van der Waals surface area contributed by atoms with Crippen LogP contribution >= 0.6 is 11.3 Å². The lowest BCUT2D eigenvalue weighted by Crippen LogP contribution is -2.39. The molecule has 0 spiro atoms. The molecule has 1 N–H and O–H groups in total. The molecule has 1 aliphatic heterocycles. The number of aryl methyl sites for hydroxylation is 1. The van der Waals surface area contributed by atoms with Crippen molar-refractivity contribution >= 4 is 11.3 Å². The summed E-state index contributed by atoms with van der Waals surface area (Å²) in [6.45, 7) is 10.2. The highest BCUT2D eigenvalue weighted by molar-refractivity contribution is 7.12. The highest BCUT2D eigenvalue weighted by Crippen LogP contribution is 2.39. The Labute approximate surface area is 84.2 Å². The third kappa shape index (κ3) is 1.42. The third-order valence-corrected chi connectivity index (χ3v) is 4.25. The van der Waals surface area contributed by atoms with Crippen LogP contribution in [-0.2, 0) is 5.41 Å². The second-order valence-electron chi connectivity index (χ2n) is 4.63. The Bertz CT molecular complexity index is 325. The highest BCUT2D eigenvalue weighted by atomic mass is 32.1. The lowest BCUT2D eigenvalue weighted by Gasteiger charge is -2.34. The van der Waals surface area contributed by atoms with Gasteiger partial charge in [-0.15, -0.1) is 11.3 Å². The number of nitrogens with one attached hydrogen (secondary N) is 1. The van der Waals surface area contributed by atoms with Gasteiger partial charge in [0, 0.05) is 27.8 Å². The van der Waals surface area contributed by atoms with Gasteiger partial charge in [-0.1, -0.05) is 13.8 Å². The van der Waals surface area contributed by atoms with Gasteiger partial charge in [0.1, 0.15) is 0 Å². The first-order chi connectivity index (χ1) is 6.00. The first kappa shape index (κ1) is 9.22. The standard InChI is InChI=1S/C11H17NS/c1-7-5-9-8(2)12-6-11(3,4)10(9)13-7/h5,8,12H,6H2,1-4H3. The molecule has 2 heteroatoms. The largest absolute Gasteiger partial charge is 0.309 e. The fourth-order valence-corrected chi connectivity index (χ4v) is 3.19. The van der Waals surface area contributed by atoms with Gasteiger partial charge in [0.15, 0.2) is 0 Å². The summed E-state index contributed by atoms with van der Waals surface area (Å²) in [4.78, 5) is 3.02. The molecule has 1 aromatic rings. The monoisotopic (exact) mass is 195 g/mol. The molecular formula is C11H17NS. The molecule has 0 fully saturated rings. The Kier molecular flexibility index (Phi) is 2.00. The van der Waals surface area contributed by atoms with Gasteiger partial charge in [-0.25, -0.2) is 0 Å². The fraction of sp³-hybridized carbons (Fsp3) is 0.636. The maximum Gasteiger partial charge on any atom is 0.0303 e. The van der Waals surface area contributed by atoms with Crippen molar-refractivity contribution in [3.8, 4) is 0 Å². The van der Waals surface area contributed by atoms with Crippen LogP contribution in [-0.4, -0.2) is 6.54 Å². The molecule has 0 saturated heterocycles. The quantitative estimate of drug-likeness (QED) is 0.671. The predicted octanol–water partition coefficient (Wildman–Crippen LogP) is 3.00. The van der Waals surface area contributed by atoms with E-state index in [1.54, 1.807) is 4.88 Å². The molecule has 0 amide bonds. The molecule has 1 unspecified atom stereocenters. The zero-order valence-electron chi connectivity index (χ0n) is 8.77. The van der Waals surface area contributed by atoms with Crippen molar-refractivity contribution in [1.29, 1.82) is 0 Å². The fourth-order valence-electron chi connectivity index (χ4n) is 1.98. The van der Waals surface area contributed by atoms with E-state index in [0.29, 0.717) is 11.5 Å². The van der Waals surface area contributed by atoms with Crippen LogP contribution in [0.2, 0.25) is 0 Å². The zero-order valence-corrected chi connectivity index (χ0v) is 9.59. The number of hydrogen-bond donors (Lipinski definition) is 1. The van der Waals surface area contributed by atoms with Crippen LogP contribution in [0.15, 0.2) is 6.07 Å². The van der Waals surface area contributed by atoms with Gasteiger partial charge >= 0.3 is 0 Å². The molecule has 1 aromatic heterocycles. The Morgan fingerprint density at radius 2 is 2.23 bits per heavy atom. The molecule has 2 heterocycles. The maximum atomic E-state index is 3.55. The van der Waals surface area contributed by atoms with Crippen LogP contribution in [0, 0.1) is 6.92 Å². The van der Waals surface area contributed by atoms with E-state index in [4.69, 9.17) is 0 Å². The van der Waals surface area contributed by atoms with Crippen LogP contribution in [0.1, 0.15) is 42.1 Å². The molecule has 2 rings (SSSR count). The topological polar surface area (TPSA) is 12.0 Å². The molecule has 1 atom stereocenters. The van der Waals surface area contributed by atoms with Crippen LogP contribution in [0.5, 0.6) is 0 Å². The molecule has 0 radical (unpaired) electrons. The van der Waals surface area contributed by atoms with Gasteiger partial charge in [0.05, 0.1) is 0 Å². The van der Waals surface area contributed by atoms with E-state index in [-0.39, 0.29) is 0 Å². The van der Waals surface area contributed by atoms with E-state index in [0.717, 1.165) is 6.54 Å². The van der Waals surface area contributed by atoms with Crippen LogP contribution in [0.4, 0.5) is 0 Å². The normalized spacial score (nSPS) is 25.7. The van der Waals surface area contributed by atoms with E-state index in [2.05, 4.69) is 39.1 Å². The van der Waals surface area contributed by atoms with Gasteiger partial charge in [-0.05, 0) is 25.5 Å². The summed E-state index contributed by atoms with van der Waals surface area (Å²) in [5, 5.41) is 3.55. The molecule has 0 bridgehead atoms. The average molecular weight is 195 g/mol. The lowest BCUT2D eigenvalue weighted by atomic mass is 9.84. The van der Waals surface area contributed by atoms with Crippen molar-refractivity contribution in [2.24, 2.45) is 0 Å². The Balaban J connectivity index is 2.54. The van der Waals surface area contributed by atoms with Crippen LogP contribution in [0.3, 0.4) is 0 Å². The summed E-state index contributed by atoms with van der Waals surface area (Å²) >= 11 is 1.96. The highest BCUT2D eigenvalue weighted by Gasteiger charge is 2.32. The molecule has 72 valence electrons. The second-order valence-corrected chi connectivity index (χ2v) is 5.88. The van der Waals surface area contributed by atoms with E-state index in [1.165, 1.54) is 10.4 Å². The molecule has 0 aliphatic carbocycles. The average Bonchev–Trinajstić information content (AvgIpc) is 2.42. The van der Waals surface area contributed by atoms with Gasteiger partial charge < -0.3 is 5.32 Å². The Morgan fingerprint density at radius 1 is 1.54 bits per heavy atom. The summed E-state index contributed by atoms with van der Waals surface area (Å²) in [5.74, 6) is 0. The van der Waals surface area contributed by atoms with Crippen molar-refractivity contribution in [2.45, 2.75) is 39.2 Å². The number of rotatable bonds is 0. The lowest BCUT2D eigenvalue weighted by molar-refractivity contribution is 0.404. The first-order valence-corrected chi connectivity index (χ1v) is 5.66. The minimum absolute atomic E-state index is 0.320. The summed E-state index contributed by atoms with van der Waals surface area (Å²) in [6.07, 6.45) is 0. The van der Waals surface area contributed by atoms with E-state index in [1.807, 2.05) is 11.3 Å². The predicted molar refractivity (Wildman–Crippen MR) is 58.5 cm³/mol. The molecule has 1 nitrogen and oxygen atoms in total. The van der Waals surface area contributed by atoms with E-state index in [9.17, 15) is 0 Å². The van der Waals surface area contributed by atoms with Crippen LogP contribution < -0.4 is 5.32 Å². The smallest absolute Gasteiger partial charge is 0.0303 e. The molecule has 0 aromatic carbocycles. The van der Waals surface area contributed by atoms with Gasteiger partial charge in [0.25, 0.3) is 0 Å². The third-order valence-electron chi connectivity index (χ3n) is 2.82. The molecular weight excluding hydrogens is 178 g/mol. The Morgan fingerprint density at radius 3 is 2.85 bits per heavy atom.